The molecule has 2 N–H and O–H groups in total. The summed E-state index contributed by atoms with van der Waals surface area (Å²) in [6, 6.07) is 4.30. The van der Waals surface area contributed by atoms with Gasteiger partial charge in [-0.05, 0) is 38.0 Å². The fraction of sp³-hybridized carbons (Fsp3) is 0.357. The fourth-order valence-electron chi connectivity index (χ4n) is 2.60. The first-order chi connectivity index (χ1) is 7.91. The zero-order valence-electron chi connectivity index (χ0n) is 10.8. The van der Waals surface area contributed by atoms with E-state index in [4.69, 9.17) is 5.73 Å². The molecule has 3 heteroatoms. The molecule has 17 heavy (non-hydrogen) atoms. The first-order valence-corrected chi connectivity index (χ1v) is 5.75. The third-order valence-electron chi connectivity index (χ3n) is 3.40. The maximum atomic E-state index is 11.2. The van der Waals surface area contributed by atoms with Crippen molar-refractivity contribution in [1.82, 2.24) is 4.57 Å². The van der Waals surface area contributed by atoms with Crippen molar-refractivity contribution in [2.24, 2.45) is 12.8 Å². The molecule has 0 fully saturated rings. The van der Waals surface area contributed by atoms with Crippen molar-refractivity contribution in [1.29, 1.82) is 0 Å². The van der Waals surface area contributed by atoms with Crippen LogP contribution >= 0.6 is 0 Å². The standard InChI is InChI=1S/C14H18N2O/c1-8-5-9(2)14-12(6-8)11(7-13(15)17)10(3)16(14)4/h5-6H,7H2,1-4H3,(H2,15,17). The van der Waals surface area contributed by atoms with Crippen LogP contribution in [0.3, 0.4) is 0 Å². The molecule has 0 spiro atoms. The fourth-order valence-corrected chi connectivity index (χ4v) is 2.60. The second kappa shape index (κ2) is 3.91. The minimum Gasteiger partial charge on any atom is -0.369 e. The largest absolute Gasteiger partial charge is 0.369 e. The highest BCUT2D eigenvalue weighted by Crippen LogP contribution is 2.29. The van der Waals surface area contributed by atoms with Crippen molar-refractivity contribution in [2.45, 2.75) is 27.2 Å². The molecule has 2 aromatic rings. The van der Waals surface area contributed by atoms with Crippen molar-refractivity contribution in [2.75, 3.05) is 0 Å². The van der Waals surface area contributed by atoms with Crippen molar-refractivity contribution in [3.05, 3.63) is 34.5 Å². The number of carbonyl (C=O) groups is 1. The predicted octanol–water partition coefficient (Wildman–Crippen LogP) is 2.13. The second-order valence-electron chi connectivity index (χ2n) is 4.74. The zero-order valence-corrected chi connectivity index (χ0v) is 10.8. The van der Waals surface area contributed by atoms with Gasteiger partial charge in [-0.3, -0.25) is 4.79 Å². The lowest BCUT2D eigenvalue weighted by Gasteiger charge is -2.03. The molecule has 0 radical (unpaired) electrons. The smallest absolute Gasteiger partial charge is 0.221 e. The van der Waals surface area contributed by atoms with Gasteiger partial charge in [0.2, 0.25) is 5.91 Å². The molecule has 0 bridgehead atoms. The molecule has 0 unspecified atom stereocenters. The predicted molar refractivity (Wildman–Crippen MR) is 70.0 cm³/mol. The molecular formula is C14H18N2O. The first-order valence-electron chi connectivity index (χ1n) is 5.75. The normalized spacial score (nSPS) is 11.1. The number of nitrogens with zero attached hydrogens (tertiary/aromatic N) is 1. The summed E-state index contributed by atoms with van der Waals surface area (Å²) in [6.45, 7) is 6.21. The molecule has 2 rings (SSSR count). The summed E-state index contributed by atoms with van der Waals surface area (Å²) in [7, 11) is 2.03. The Balaban J connectivity index is 2.83. The molecule has 0 saturated heterocycles. The topological polar surface area (TPSA) is 48.0 Å². The Morgan fingerprint density at radius 1 is 1.29 bits per heavy atom. The van der Waals surface area contributed by atoms with Gasteiger partial charge in [0.1, 0.15) is 0 Å². The molecule has 0 aliphatic rings. The summed E-state index contributed by atoms with van der Waals surface area (Å²) in [4.78, 5) is 11.2. The summed E-state index contributed by atoms with van der Waals surface area (Å²) in [5.74, 6) is -0.278. The molecule has 3 nitrogen and oxygen atoms in total. The van der Waals surface area contributed by atoms with E-state index >= 15 is 0 Å². The second-order valence-corrected chi connectivity index (χ2v) is 4.74. The van der Waals surface area contributed by atoms with Gasteiger partial charge in [-0.1, -0.05) is 11.6 Å². The monoisotopic (exact) mass is 230 g/mol. The van der Waals surface area contributed by atoms with Crippen molar-refractivity contribution in [3.8, 4) is 0 Å². The van der Waals surface area contributed by atoms with E-state index < -0.39 is 0 Å². The maximum absolute atomic E-state index is 11.2. The van der Waals surface area contributed by atoms with Gasteiger partial charge in [0.25, 0.3) is 0 Å². The number of carbonyl (C=O) groups excluding carboxylic acids is 1. The third-order valence-corrected chi connectivity index (χ3v) is 3.40. The highest BCUT2D eigenvalue weighted by atomic mass is 16.1. The Morgan fingerprint density at radius 2 is 1.94 bits per heavy atom. The average molecular weight is 230 g/mol. The molecular weight excluding hydrogens is 212 g/mol. The lowest BCUT2D eigenvalue weighted by atomic mass is 10.0. The van der Waals surface area contributed by atoms with Crippen LogP contribution in [0.15, 0.2) is 12.1 Å². The van der Waals surface area contributed by atoms with Crippen LogP contribution in [0.25, 0.3) is 10.9 Å². The van der Waals surface area contributed by atoms with Crippen LogP contribution in [0, 0.1) is 20.8 Å². The van der Waals surface area contributed by atoms with Crippen LogP contribution in [0.5, 0.6) is 0 Å². The molecule has 1 amide bonds. The Morgan fingerprint density at radius 3 is 2.53 bits per heavy atom. The van der Waals surface area contributed by atoms with Gasteiger partial charge in [-0.2, -0.15) is 0 Å². The van der Waals surface area contributed by atoms with Gasteiger partial charge in [-0.15, -0.1) is 0 Å². The van der Waals surface area contributed by atoms with Crippen molar-refractivity contribution in [3.63, 3.8) is 0 Å². The van der Waals surface area contributed by atoms with Crippen LogP contribution in [-0.4, -0.2) is 10.5 Å². The third kappa shape index (κ3) is 1.82. The zero-order chi connectivity index (χ0) is 12.7. The summed E-state index contributed by atoms with van der Waals surface area (Å²) < 4.78 is 2.14. The molecule has 0 saturated carbocycles. The lowest BCUT2D eigenvalue weighted by Crippen LogP contribution is -2.14. The Kier molecular flexibility index (Phi) is 2.69. The van der Waals surface area contributed by atoms with E-state index in [1.54, 1.807) is 0 Å². The van der Waals surface area contributed by atoms with E-state index in [0.717, 1.165) is 16.6 Å². The van der Waals surface area contributed by atoms with E-state index in [0.29, 0.717) is 6.42 Å². The van der Waals surface area contributed by atoms with E-state index in [2.05, 4.69) is 30.5 Å². The number of fused-ring (bicyclic) bond motifs is 1. The summed E-state index contributed by atoms with van der Waals surface area (Å²) in [5.41, 5.74) is 11.1. The number of amides is 1. The molecule has 90 valence electrons. The number of benzene rings is 1. The summed E-state index contributed by atoms with van der Waals surface area (Å²) in [5, 5.41) is 1.15. The van der Waals surface area contributed by atoms with E-state index in [1.165, 1.54) is 16.6 Å². The highest BCUT2D eigenvalue weighted by Gasteiger charge is 2.15. The van der Waals surface area contributed by atoms with Crippen LogP contribution < -0.4 is 5.73 Å². The number of hydrogen-bond acceptors (Lipinski definition) is 1. The minimum atomic E-state index is -0.278. The van der Waals surface area contributed by atoms with E-state index in [1.807, 2.05) is 14.0 Å². The van der Waals surface area contributed by atoms with Crippen molar-refractivity contribution < 1.29 is 4.79 Å². The molecule has 0 atom stereocenters. The number of aromatic nitrogens is 1. The molecule has 1 aromatic heterocycles. The summed E-state index contributed by atoms with van der Waals surface area (Å²) >= 11 is 0. The SMILES string of the molecule is Cc1cc(C)c2c(c1)c(CC(N)=O)c(C)n2C. The van der Waals surface area contributed by atoms with Gasteiger partial charge in [0, 0.05) is 18.1 Å². The van der Waals surface area contributed by atoms with E-state index in [-0.39, 0.29) is 5.91 Å². The highest BCUT2D eigenvalue weighted by molar-refractivity contribution is 5.92. The Hall–Kier alpha value is -1.77. The Bertz CT molecular complexity index is 608. The number of aryl methyl sites for hydroxylation is 3. The van der Waals surface area contributed by atoms with Crippen LogP contribution in [0.2, 0.25) is 0 Å². The quantitative estimate of drug-likeness (QED) is 0.844. The average Bonchev–Trinajstić information content (AvgIpc) is 2.42. The number of hydrogen-bond donors (Lipinski definition) is 1. The van der Waals surface area contributed by atoms with Gasteiger partial charge in [0.15, 0.2) is 0 Å². The number of nitrogens with two attached hydrogens (primary N) is 1. The minimum absolute atomic E-state index is 0.278. The van der Waals surface area contributed by atoms with Crippen LogP contribution in [0.4, 0.5) is 0 Å². The van der Waals surface area contributed by atoms with Gasteiger partial charge >= 0.3 is 0 Å². The van der Waals surface area contributed by atoms with Gasteiger partial charge in [0.05, 0.1) is 11.9 Å². The molecule has 0 aliphatic carbocycles. The Labute approximate surface area is 101 Å². The maximum Gasteiger partial charge on any atom is 0.221 e. The molecule has 0 aliphatic heterocycles. The van der Waals surface area contributed by atoms with E-state index in [9.17, 15) is 4.79 Å². The van der Waals surface area contributed by atoms with Crippen molar-refractivity contribution >= 4 is 16.8 Å². The van der Waals surface area contributed by atoms with Crippen LogP contribution in [0.1, 0.15) is 22.4 Å². The number of rotatable bonds is 2. The van der Waals surface area contributed by atoms with Gasteiger partial charge in [-0.25, -0.2) is 0 Å². The number of primary amides is 1. The first kappa shape index (κ1) is 11.7. The summed E-state index contributed by atoms with van der Waals surface area (Å²) in [6.07, 6.45) is 0.312. The molecule has 1 heterocycles. The van der Waals surface area contributed by atoms with Crippen LogP contribution in [-0.2, 0) is 18.3 Å². The van der Waals surface area contributed by atoms with Gasteiger partial charge < -0.3 is 10.3 Å². The molecule has 1 aromatic carbocycles. The lowest BCUT2D eigenvalue weighted by molar-refractivity contribution is -0.117.